The SMILES string of the molecule is NCC1(CCBr)CC1. The maximum Gasteiger partial charge on any atom is 0.00370 e. The zero-order valence-corrected chi connectivity index (χ0v) is 6.58. The average Bonchev–Trinajstić information content (AvgIpc) is 2.50. The van der Waals surface area contributed by atoms with Gasteiger partial charge in [0, 0.05) is 5.33 Å². The number of rotatable bonds is 3. The normalized spacial score (nSPS) is 23.2. The third kappa shape index (κ3) is 1.23. The van der Waals surface area contributed by atoms with Crippen molar-refractivity contribution < 1.29 is 0 Å². The first-order chi connectivity index (χ1) is 3.83. The van der Waals surface area contributed by atoms with Gasteiger partial charge in [0.2, 0.25) is 0 Å². The molecule has 1 saturated carbocycles. The van der Waals surface area contributed by atoms with Crippen LogP contribution < -0.4 is 5.73 Å². The molecule has 0 bridgehead atoms. The Morgan fingerprint density at radius 2 is 2.12 bits per heavy atom. The van der Waals surface area contributed by atoms with Gasteiger partial charge in [0.05, 0.1) is 0 Å². The molecule has 8 heavy (non-hydrogen) atoms. The van der Waals surface area contributed by atoms with Gasteiger partial charge in [-0.2, -0.15) is 0 Å². The fourth-order valence-corrected chi connectivity index (χ4v) is 1.77. The summed E-state index contributed by atoms with van der Waals surface area (Å²) < 4.78 is 0. The lowest BCUT2D eigenvalue weighted by atomic mass is 10.1. The van der Waals surface area contributed by atoms with Gasteiger partial charge in [-0.25, -0.2) is 0 Å². The van der Waals surface area contributed by atoms with Crippen molar-refractivity contribution in [1.29, 1.82) is 0 Å². The molecular weight excluding hydrogens is 166 g/mol. The van der Waals surface area contributed by atoms with Gasteiger partial charge >= 0.3 is 0 Å². The van der Waals surface area contributed by atoms with Gasteiger partial charge < -0.3 is 5.73 Å². The summed E-state index contributed by atoms with van der Waals surface area (Å²) in [5.74, 6) is 0. The predicted molar refractivity (Wildman–Crippen MR) is 39.1 cm³/mol. The van der Waals surface area contributed by atoms with E-state index in [0.717, 1.165) is 11.9 Å². The second-order valence-corrected chi connectivity index (χ2v) is 3.44. The molecule has 1 rings (SSSR count). The molecule has 0 heterocycles. The molecule has 1 aliphatic rings. The lowest BCUT2D eigenvalue weighted by Gasteiger charge is -2.07. The van der Waals surface area contributed by atoms with Crippen molar-refractivity contribution in [2.24, 2.45) is 11.1 Å². The average molecular weight is 178 g/mol. The highest BCUT2D eigenvalue weighted by atomic mass is 79.9. The Morgan fingerprint density at radius 3 is 2.25 bits per heavy atom. The Morgan fingerprint density at radius 1 is 1.50 bits per heavy atom. The van der Waals surface area contributed by atoms with E-state index in [1.54, 1.807) is 0 Å². The lowest BCUT2D eigenvalue weighted by molar-refractivity contribution is 0.511. The summed E-state index contributed by atoms with van der Waals surface area (Å²) in [6.07, 6.45) is 3.98. The minimum atomic E-state index is 0.573. The molecule has 0 unspecified atom stereocenters. The summed E-state index contributed by atoms with van der Waals surface area (Å²) in [7, 11) is 0. The van der Waals surface area contributed by atoms with Crippen LogP contribution in [0.15, 0.2) is 0 Å². The van der Waals surface area contributed by atoms with Crippen molar-refractivity contribution in [2.75, 3.05) is 11.9 Å². The van der Waals surface area contributed by atoms with E-state index in [1.807, 2.05) is 0 Å². The third-order valence-electron chi connectivity index (χ3n) is 2.01. The zero-order valence-electron chi connectivity index (χ0n) is 4.99. The van der Waals surface area contributed by atoms with E-state index in [9.17, 15) is 0 Å². The van der Waals surface area contributed by atoms with Crippen LogP contribution in [0, 0.1) is 5.41 Å². The smallest absolute Gasteiger partial charge is 0.00370 e. The highest BCUT2D eigenvalue weighted by Gasteiger charge is 2.39. The van der Waals surface area contributed by atoms with Crippen molar-refractivity contribution in [3.8, 4) is 0 Å². The van der Waals surface area contributed by atoms with Crippen molar-refractivity contribution in [2.45, 2.75) is 19.3 Å². The molecule has 0 radical (unpaired) electrons. The molecule has 0 aromatic carbocycles. The van der Waals surface area contributed by atoms with Gasteiger partial charge in [0.1, 0.15) is 0 Å². The number of hydrogen-bond acceptors (Lipinski definition) is 1. The first-order valence-electron chi connectivity index (χ1n) is 3.09. The fraction of sp³-hybridized carbons (Fsp3) is 1.00. The predicted octanol–water partition coefficient (Wildman–Crippen LogP) is 1.51. The quantitative estimate of drug-likeness (QED) is 0.651. The van der Waals surface area contributed by atoms with Gasteiger partial charge in [0.25, 0.3) is 0 Å². The van der Waals surface area contributed by atoms with E-state index in [0.29, 0.717) is 5.41 Å². The standard InChI is InChI=1S/C6H12BrN/c7-4-3-6(5-8)1-2-6/h1-5,8H2. The van der Waals surface area contributed by atoms with E-state index in [-0.39, 0.29) is 0 Å². The molecule has 0 atom stereocenters. The molecular formula is C6H12BrN. The van der Waals surface area contributed by atoms with E-state index in [1.165, 1.54) is 19.3 Å². The molecule has 1 fully saturated rings. The van der Waals surface area contributed by atoms with Crippen LogP contribution in [0.4, 0.5) is 0 Å². The van der Waals surface area contributed by atoms with E-state index >= 15 is 0 Å². The molecule has 1 aliphatic carbocycles. The van der Waals surface area contributed by atoms with E-state index < -0.39 is 0 Å². The Labute approximate surface area is 58.8 Å². The van der Waals surface area contributed by atoms with Crippen LogP contribution in [0.25, 0.3) is 0 Å². The molecule has 2 N–H and O–H groups in total. The molecule has 0 saturated heterocycles. The number of nitrogens with two attached hydrogens (primary N) is 1. The van der Waals surface area contributed by atoms with Crippen LogP contribution in [0.5, 0.6) is 0 Å². The molecule has 0 spiro atoms. The first-order valence-corrected chi connectivity index (χ1v) is 4.21. The Bertz CT molecular complexity index is 78.6. The topological polar surface area (TPSA) is 26.0 Å². The Hall–Kier alpha value is 0.440. The molecule has 2 heteroatoms. The van der Waals surface area contributed by atoms with E-state index in [2.05, 4.69) is 15.9 Å². The Kier molecular flexibility index (Phi) is 1.93. The van der Waals surface area contributed by atoms with Crippen molar-refractivity contribution in [3.05, 3.63) is 0 Å². The second-order valence-electron chi connectivity index (χ2n) is 2.64. The zero-order chi connectivity index (χ0) is 6.04. The summed E-state index contributed by atoms with van der Waals surface area (Å²) in [6, 6.07) is 0. The van der Waals surface area contributed by atoms with Crippen LogP contribution in [0.3, 0.4) is 0 Å². The molecule has 0 aromatic rings. The number of hydrogen-bond donors (Lipinski definition) is 1. The maximum atomic E-state index is 5.53. The van der Waals surface area contributed by atoms with Gasteiger partial charge in [-0.05, 0) is 31.2 Å². The van der Waals surface area contributed by atoms with Crippen molar-refractivity contribution in [1.82, 2.24) is 0 Å². The fourth-order valence-electron chi connectivity index (χ4n) is 0.933. The number of halogens is 1. The van der Waals surface area contributed by atoms with Gasteiger partial charge in [0.15, 0.2) is 0 Å². The summed E-state index contributed by atoms with van der Waals surface area (Å²) in [5.41, 5.74) is 6.11. The molecule has 0 amide bonds. The highest BCUT2D eigenvalue weighted by Crippen LogP contribution is 2.47. The lowest BCUT2D eigenvalue weighted by Crippen LogP contribution is -2.15. The van der Waals surface area contributed by atoms with E-state index in [4.69, 9.17) is 5.73 Å². The summed E-state index contributed by atoms with van der Waals surface area (Å²) in [5, 5.41) is 1.12. The van der Waals surface area contributed by atoms with Crippen LogP contribution in [0.1, 0.15) is 19.3 Å². The Balaban J connectivity index is 2.20. The summed E-state index contributed by atoms with van der Waals surface area (Å²) in [4.78, 5) is 0. The first kappa shape index (κ1) is 6.56. The van der Waals surface area contributed by atoms with Gasteiger partial charge in [-0.1, -0.05) is 15.9 Å². The van der Waals surface area contributed by atoms with Crippen molar-refractivity contribution >= 4 is 15.9 Å². The molecule has 0 aliphatic heterocycles. The minimum Gasteiger partial charge on any atom is -0.330 e. The summed E-state index contributed by atoms with van der Waals surface area (Å²) in [6.45, 7) is 0.888. The van der Waals surface area contributed by atoms with Crippen LogP contribution in [0.2, 0.25) is 0 Å². The van der Waals surface area contributed by atoms with Gasteiger partial charge in [-0.15, -0.1) is 0 Å². The maximum absolute atomic E-state index is 5.53. The summed E-state index contributed by atoms with van der Waals surface area (Å²) >= 11 is 3.41. The molecule has 48 valence electrons. The minimum absolute atomic E-state index is 0.573. The monoisotopic (exact) mass is 177 g/mol. The third-order valence-corrected chi connectivity index (χ3v) is 2.41. The number of alkyl halides is 1. The second kappa shape index (κ2) is 2.36. The van der Waals surface area contributed by atoms with Gasteiger partial charge in [-0.3, -0.25) is 0 Å². The van der Waals surface area contributed by atoms with Crippen molar-refractivity contribution in [3.63, 3.8) is 0 Å². The highest BCUT2D eigenvalue weighted by molar-refractivity contribution is 9.09. The van der Waals surface area contributed by atoms with Crippen LogP contribution >= 0.6 is 15.9 Å². The van der Waals surface area contributed by atoms with Crippen LogP contribution in [-0.2, 0) is 0 Å². The molecule has 1 nitrogen and oxygen atoms in total. The van der Waals surface area contributed by atoms with Crippen LogP contribution in [-0.4, -0.2) is 11.9 Å². The largest absolute Gasteiger partial charge is 0.330 e. The molecule has 0 aromatic heterocycles.